The molecule has 0 aromatic heterocycles. The standard InChI is InChI=1S/C12H14O5/c1-3-9(13)17-12(16)8-6-4-5-7(2)10(8)11(14)15/h4-6,9,13H,3H2,1-2H3,(H,14,15). The van der Waals surface area contributed by atoms with Gasteiger partial charge in [-0.1, -0.05) is 19.1 Å². The predicted octanol–water partition coefficient (Wildman–Crippen LogP) is 1.58. The highest BCUT2D eigenvalue weighted by Gasteiger charge is 2.21. The molecule has 0 fully saturated rings. The van der Waals surface area contributed by atoms with Crippen LogP contribution in [-0.2, 0) is 4.74 Å². The molecule has 92 valence electrons. The lowest BCUT2D eigenvalue weighted by Gasteiger charge is -2.12. The van der Waals surface area contributed by atoms with E-state index in [9.17, 15) is 14.7 Å². The average molecular weight is 238 g/mol. The van der Waals surface area contributed by atoms with Crippen molar-refractivity contribution >= 4 is 11.9 Å². The number of carboxylic acids is 1. The van der Waals surface area contributed by atoms with E-state index in [-0.39, 0.29) is 17.5 Å². The Hall–Kier alpha value is -1.88. The molecular weight excluding hydrogens is 224 g/mol. The third-order valence-corrected chi connectivity index (χ3v) is 2.30. The number of aliphatic hydroxyl groups excluding tert-OH is 1. The van der Waals surface area contributed by atoms with E-state index in [1.807, 2.05) is 0 Å². The molecule has 1 atom stereocenters. The van der Waals surface area contributed by atoms with Crippen LogP contribution in [0.4, 0.5) is 0 Å². The lowest BCUT2D eigenvalue weighted by molar-refractivity contribution is -0.0657. The van der Waals surface area contributed by atoms with Crippen LogP contribution in [0.1, 0.15) is 39.6 Å². The van der Waals surface area contributed by atoms with Crippen molar-refractivity contribution in [2.24, 2.45) is 0 Å². The Morgan fingerprint density at radius 1 is 1.41 bits per heavy atom. The Labute approximate surface area is 98.6 Å². The fourth-order valence-electron chi connectivity index (χ4n) is 1.39. The summed E-state index contributed by atoms with van der Waals surface area (Å²) in [5, 5.41) is 18.2. The van der Waals surface area contributed by atoms with Gasteiger partial charge in [-0.05, 0) is 18.6 Å². The van der Waals surface area contributed by atoms with Crippen LogP contribution in [0.5, 0.6) is 0 Å². The van der Waals surface area contributed by atoms with E-state index in [1.165, 1.54) is 6.07 Å². The number of esters is 1. The van der Waals surface area contributed by atoms with Gasteiger partial charge in [0, 0.05) is 6.42 Å². The SMILES string of the molecule is CCC(O)OC(=O)c1cccc(C)c1C(=O)O. The van der Waals surface area contributed by atoms with Crippen molar-refractivity contribution in [3.05, 3.63) is 34.9 Å². The molecule has 1 rings (SSSR count). The second kappa shape index (κ2) is 5.45. The van der Waals surface area contributed by atoms with Crippen molar-refractivity contribution in [3.63, 3.8) is 0 Å². The quantitative estimate of drug-likeness (QED) is 0.614. The summed E-state index contributed by atoms with van der Waals surface area (Å²) in [4.78, 5) is 22.7. The van der Waals surface area contributed by atoms with Crippen molar-refractivity contribution in [1.29, 1.82) is 0 Å². The van der Waals surface area contributed by atoms with Crippen LogP contribution < -0.4 is 0 Å². The molecule has 0 heterocycles. The summed E-state index contributed by atoms with van der Waals surface area (Å²) >= 11 is 0. The Kier molecular flexibility index (Phi) is 4.23. The summed E-state index contributed by atoms with van der Waals surface area (Å²) in [6, 6.07) is 4.52. The Morgan fingerprint density at radius 2 is 2.06 bits per heavy atom. The zero-order valence-corrected chi connectivity index (χ0v) is 9.64. The fraction of sp³-hybridized carbons (Fsp3) is 0.333. The van der Waals surface area contributed by atoms with Gasteiger partial charge in [-0.2, -0.15) is 0 Å². The van der Waals surface area contributed by atoms with Crippen molar-refractivity contribution in [2.45, 2.75) is 26.6 Å². The van der Waals surface area contributed by atoms with Crippen LogP contribution in [-0.4, -0.2) is 28.4 Å². The third kappa shape index (κ3) is 3.04. The zero-order chi connectivity index (χ0) is 13.0. The van der Waals surface area contributed by atoms with E-state index < -0.39 is 18.2 Å². The van der Waals surface area contributed by atoms with Crippen LogP contribution >= 0.6 is 0 Å². The lowest BCUT2D eigenvalue weighted by atomic mass is 10.0. The Morgan fingerprint density at radius 3 is 2.59 bits per heavy atom. The van der Waals surface area contributed by atoms with E-state index in [1.54, 1.807) is 26.0 Å². The molecule has 0 saturated carbocycles. The smallest absolute Gasteiger partial charge is 0.341 e. The van der Waals surface area contributed by atoms with Gasteiger partial charge in [-0.25, -0.2) is 9.59 Å². The van der Waals surface area contributed by atoms with Gasteiger partial charge in [0.1, 0.15) is 0 Å². The summed E-state index contributed by atoms with van der Waals surface area (Å²) in [6.45, 7) is 3.24. The molecule has 1 aromatic rings. The number of carbonyl (C=O) groups is 2. The lowest BCUT2D eigenvalue weighted by Crippen LogP contribution is -2.19. The highest BCUT2D eigenvalue weighted by Crippen LogP contribution is 2.16. The minimum Gasteiger partial charge on any atom is -0.478 e. The number of benzene rings is 1. The van der Waals surface area contributed by atoms with Crippen molar-refractivity contribution in [1.82, 2.24) is 0 Å². The molecule has 5 heteroatoms. The molecule has 17 heavy (non-hydrogen) atoms. The van der Waals surface area contributed by atoms with Gasteiger partial charge in [-0.3, -0.25) is 0 Å². The molecule has 0 spiro atoms. The van der Waals surface area contributed by atoms with Crippen LogP contribution in [0, 0.1) is 6.92 Å². The number of ether oxygens (including phenoxy) is 1. The van der Waals surface area contributed by atoms with Gasteiger partial charge in [0.15, 0.2) is 0 Å². The van der Waals surface area contributed by atoms with Crippen LogP contribution in [0.25, 0.3) is 0 Å². The number of carbonyl (C=O) groups excluding carboxylic acids is 1. The van der Waals surface area contributed by atoms with E-state index >= 15 is 0 Å². The van der Waals surface area contributed by atoms with E-state index in [4.69, 9.17) is 5.11 Å². The van der Waals surface area contributed by atoms with Crippen LogP contribution in [0.15, 0.2) is 18.2 Å². The summed E-state index contributed by atoms with van der Waals surface area (Å²) in [7, 11) is 0. The van der Waals surface area contributed by atoms with Gasteiger partial charge in [0.25, 0.3) is 0 Å². The Balaban J connectivity index is 3.09. The number of hydrogen-bond donors (Lipinski definition) is 2. The number of aliphatic hydroxyl groups is 1. The van der Waals surface area contributed by atoms with E-state index in [2.05, 4.69) is 4.74 Å². The summed E-state index contributed by atoms with van der Waals surface area (Å²) in [6.07, 6.45) is -0.968. The number of hydrogen-bond acceptors (Lipinski definition) is 4. The van der Waals surface area contributed by atoms with Gasteiger partial charge in [0.2, 0.25) is 6.29 Å². The van der Waals surface area contributed by atoms with Crippen LogP contribution in [0.2, 0.25) is 0 Å². The van der Waals surface area contributed by atoms with Crippen molar-refractivity contribution < 1.29 is 24.5 Å². The molecule has 0 aliphatic carbocycles. The minimum atomic E-state index is -1.22. The van der Waals surface area contributed by atoms with E-state index in [0.29, 0.717) is 5.56 Å². The molecule has 0 bridgehead atoms. The van der Waals surface area contributed by atoms with Gasteiger partial charge >= 0.3 is 11.9 Å². The maximum atomic E-state index is 11.6. The molecule has 1 unspecified atom stereocenters. The first-order valence-corrected chi connectivity index (χ1v) is 5.19. The van der Waals surface area contributed by atoms with Gasteiger partial charge in [-0.15, -0.1) is 0 Å². The predicted molar refractivity (Wildman–Crippen MR) is 59.9 cm³/mol. The maximum Gasteiger partial charge on any atom is 0.341 e. The molecule has 0 aliphatic heterocycles. The second-order valence-corrected chi connectivity index (χ2v) is 3.57. The first-order chi connectivity index (χ1) is 7.97. The molecule has 5 nitrogen and oxygen atoms in total. The second-order valence-electron chi connectivity index (χ2n) is 3.57. The maximum absolute atomic E-state index is 11.6. The van der Waals surface area contributed by atoms with Crippen molar-refractivity contribution in [2.75, 3.05) is 0 Å². The summed E-state index contributed by atoms with van der Waals surface area (Å²) in [5.74, 6) is -2.03. The molecule has 2 N–H and O–H groups in total. The molecule has 0 saturated heterocycles. The normalized spacial score (nSPS) is 11.9. The van der Waals surface area contributed by atoms with Crippen LogP contribution in [0.3, 0.4) is 0 Å². The number of aryl methyl sites for hydroxylation is 1. The molecular formula is C12H14O5. The number of carboxylic acid groups (broad SMARTS) is 1. The highest BCUT2D eigenvalue weighted by molar-refractivity contribution is 6.03. The molecule has 0 aliphatic rings. The topological polar surface area (TPSA) is 83.8 Å². The molecule has 0 radical (unpaired) electrons. The first-order valence-electron chi connectivity index (χ1n) is 5.19. The highest BCUT2D eigenvalue weighted by atomic mass is 16.6. The third-order valence-electron chi connectivity index (χ3n) is 2.30. The summed E-state index contributed by atoms with van der Waals surface area (Å²) < 4.78 is 4.68. The van der Waals surface area contributed by atoms with Gasteiger partial charge < -0.3 is 14.9 Å². The number of aromatic carboxylic acids is 1. The van der Waals surface area contributed by atoms with Crippen molar-refractivity contribution in [3.8, 4) is 0 Å². The first kappa shape index (κ1) is 13.2. The fourth-order valence-corrected chi connectivity index (χ4v) is 1.39. The molecule has 1 aromatic carbocycles. The minimum absolute atomic E-state index is 0.0509. The average Bonchev–Trinajstić information content (AvgIpc) is 2.27. The van der Waals surface area contributed by atoms with Gasteiger partial charge in [0.05, 0.1) is 11.1 Å². The Bertz CT molecular complexity index is 439. The monoisotopic (exact) mass is 238 g/mol. The largest absolute Gasteiger partial charge is 0.478 e. The van der Waals surface area contributed by atoms with E-state index in [0.717, 1.165) is 0 Å². The number of rotatable bonds is 4. The zero-order valence-electron chi connectivity index (χ0n) is 9.64. The molecule has 0 amide bonds. The summed E-state index contributed by atoms with van der Waals surface area (Å²) in [5.41, 5.74) is 0.323.